The smallest absolute Gasteiger partial charge is 0.228 e. The lowest BCUT2D eigenvalue weighted by Gasteiger charge is -2.30. The van der Waals surface area contributed by atoms with E-state index in [9.17, 15) is 4.79 Å². The molecule has 1 amide bonds. The Kier molecular flexibility index (Phi) is 4.27. The molecule has 19 heavy (non-hydrogen) atoms. The third-order valence-electron chi connectivity index (χ3n) is 3.40. The standard InChI is InChI=1S/C14H20N2O3/c1-16(14(17)11-7-15-8-11)9-10-6-12(18-2)4-5-13(10)19-3/h4-6,11,15H,7-9H2,1-3H3. The number of amides is 1. The van der Waals surface area contributed by atoms with Crippen LogP contribution in [0.2, 0.25) is 0 Å². The summed E-state index contributed by atoms with van der Waals surface area (Å²) in [4.78, 5) is 13.8. The number of hydrogen-bond donors (Lipinski definition) is 1. The highest BCUT2D eigenvalue weighted by Gasteiger charge is 2.27. The Labute approximate surface area is 113 Å². The molecule has 5 nitrogen and oxygen atoms in total. The van der Waals surface area contributed by atoms with Crippen LogP contribution in [0.3, 0.4) is 0 Å². The largest absolute Gasteiger partial charge is 0.497 e. The minimum Gasteiger partial charge on any atom is -0.497 e. The summed E-state index contributed by atoms with van der Waals surface area (Å²) in [6.45, 7) is 2.08. The lowest BCUT2D eigenvalue weighted by atomic mass is 10.0. The maximum atomic E-state index is 12.1. The summed E-state index contributed by atoms with van der Waals surface area (Å²) >= 11 is 0. The molecule has 1 saturated heterocycles. The molecule has 1 aliphatic heterocycles. The van der Waals surface area contributed by atoms with Crippen LogP contribution in [0, 0.1) is 5.92 Å². The van der Waals surface area contributed by atoms with Crippen LogP contribution >= 0.6 is 0 Å². The van der Waals surface area contributed by atoms with E-state index in [1.807, 2.05) is 25.2 Å². The molecule has 2 rings (SSSR count). The second kappa shape index (κ2) is 5.93. The van der Waals surface area contributed by atoms with E-state index >= 15 is 0 Å². The van der Waals surface area contributed by atoms with E-state index in [2.05, 4.69) is 5.32 Å². The monoisotopic (exact) mass is 264 g/mol. The molecular formula is C14H20N2O3. The maximum absolute atomic E-state index is 12.1. The molecule has 1 heterocycles. The number of hydrogen-bond acceptors (Lipinski definition) is 4. The van der Waals surface area contributed by atoms with Gasteiger partial charge >= 0.3 is 0 Å². The zero-order valence-electron chi connectivity index (χ0n) is 11.6. The van der Waals surface area contributed by atoms with Gasteiger partial charge in [-0.2, -0.15) is 0 Å². The van der Waals surface area contributed by atoms with Crippen LogP contribution in [0.25, 0.3) is 0 Å². The van der Waals surface area contributed by atoms with Crippen LogP contribution < -0.4 is 14.8 Å². The van der Waals surface area contributed by atoms with Gasteiger partial charge in [0.1, 0.15) is 11.5 Å². The Bertz CT molecular complexity index is 458. The van der Waals surface area contributed by atoms with Crippen molar-refractivity contribution in [2.24, 2.45) is 5.92 Å². The van der Waals surface area contributed by atoms with Gasteiger partial charge in [-0.3, -0.25) is 4.79 Å². The highest BCUT2D eigenvalue weighted by Crippen LogP contribution is 2.25. The Morgan fingerprint density at radius 3 is 2.63 bits per heavy atom. The number of rotatable bonds is 5. The summed E-state index contributed by atoms with van der Waals surface area (Å²) in [6.07, 6.45) is 0. The molecule has 0 unspecified atom stereocenters. The Morgan fingerprint density at radius 1 is 1.37 bits per heavy atom. The third-order valence-corrected chi connectivity index (χ3v) is 3.40. The molecule has 0 radical (unpaired) electrons. The van der Waals surface area contributed by atoms with Crippen LogP contribution in [-0.2, 0) is 11.3 Å². The van der Waals surface area contributed by atoms with Crippen molar-refractivity contribution in [3.63, 3.8) is 0 Å². The van der Waals surface area contributed by atoms with E-state index in [0.717, 1.165) is 30.2 Å². The van der Waals surface area contributed by atoms with Crippen molar-refractivity contribution in [3.05, 3.63) is 23.8 Å². The van der Waals surface area contributed by atoms with Gasteiger partial charge in [0.25, 0.3) is 0 Å². The fourth-order valence-electron chi connectivity index (χ4n) is 2.11. The molecule has 5 heteroatoms. The van der Waals surface area contributed by atoms with Crippen molar-refractivity contribution in [1.82, 2.24) is 10.2 Å². The van der Waals surface area contributed by atoms with Crippen molar-refractivity contribution >= 4 is 5.91 Å². The van der Waals surface area contributed by atoms with Gasteiger partial charge in [-0.05, 0) is 18.2 Å². The van der Waals surface area contributed by atoms with Gasteiger partial charge in [-0.1, -0.05) is 0 Å². The second-order valence-electron chi connectivity index (χ2n) is 4.73. The van der Waals surface area contributed by atoms with Crippen molar-refractivity contribution < 1.29 is 14.3 Å². The van der Waals surface area contributed by atoms with Gasteiger partial charge in [-0.25, -0.2) is 0 Å². The number of nitrogens with zero attached hydrogens (tertiary/aromatic N) is 1. The number of carbonyl (C=O) groups excluding carboxylic acids is 1. The van der Waals surface area contributed by atoms with Gasteiger partial charge in [0, 0.05) is 32.2 Å². The number of nitrogens with one attached hydrogen (secondary N) is 1. The first kappa shape index (κ1) is 13.7. The molecule has 0 aromatic heterocycles. The molecule has 0 aliphatic carbocycles. The second-order valence-corrected chi connectivity index (χ2v) is 4.73. The average Bonchev–Trinajstić information content (AvgIpc) is 2.36. The van der Waals surface area contributed by atoms with E-state index in [0.29, 0.717) is 6.54 Å². The summed E-state index contributed by atoms with van der Waals surface area (Å²) in [5.74, 6) is 1.82. The predicted octanol–water partition coefficient (Wildman–Crippen LogP) is 0.882. The number of benzene rings is 1. The normalized spacial score (nSPS) is 14.7. The van der Waals surface area contributed by atoms with E-state index in [4.69, 9.17) is 9.47 Å². The molecule has 1 aromatic carbocycles. The summed E-state index contributed by atoms with van der Waals surface area (Å²) in [6, 6.07) is 5.61. The van der Waals surface area contributed by atoms with Crippen LogP contribution in [0.4, 0.5) is 0 Å². The number of carbonyl (C=O) groups is 1. The van der Waals surface area contributed by atoms with Crippen LogP contribution in [0.15, 0.2) is 18.2 Å². The highest BCUT2D eigenvalue weighted by molar-refractivity contribution is 5.80. The Hall–Kier alpha value is -1.75. The zero-order valence-corrected chi connectivity index (χ0v) is 11.6. The fraction of sp³-hybridized carbons (Fsp3) is 0.500. The van der Waals surface area contributed by atoms with Crippen molar-refractivity contribution in [2.75, 3.05) is 34.4 Å². The van der Waals surface area contributed by atoms with Gasteiger partial charge in [0.15, 0.2) is 0 Å². The van der Waals surface area contributed by atoms with E-state index in [1.165, 1.54) is 0 Å². The molecule has 1 N–H and O–H groups in total. The quantitative estimate of drug-likeness (QED) is 0.858. The van der Waals surface area contributed by atoms with E-state index < -0.39 is 0 Å². The molecule has 104 valence electrons. The van der Waals surface area contributed by atoms with Crippen LogP contribution in [0.5, 0.6) is 11.5 Å². The van der Waals surface area contributed by atoms with Crippen molar-refractivity contribution in [3.8, 4) is 11.5 Å². The Balaban J connectivity index is 2.09. The topological polar surface area (TPSA) is 50.8 Å². The molecule has 1 aliphatic rings. The fourth-order valence-corrected chi connectivity index (χ4v) is 2.11. The molecule has 0 bridgehead atoms. The number of ether oxygens (including phenoxy) is 2. The first-order chi connectivity index (χ1) is 9.15. The Morgan fingerprint density at radius 2 is 2.11 bits per heavy atom. The van der Waals surface area contributed by atoms with Crippen molar-refractivity contribution in [2.45, 2.75) is 6.54 Å². The molecular weight excluding hydrogens is 244 g/mol. The average molecular weight is 264 g/mol. The lowest BCUT2D eigenvalue weighted by molar-refractivity contribution is -0.136. The van der Waals surface area contributed by atoms with Gasteiger partial charge in [0.05, 0.1) is 20.1 Å². The molecule has 0 atom stereocenters. The SMILES string of the molecule is COc1ccc(OC)c(CN(C)C(=O)C2CNC2)c1. The molecule has 0 spiro atoms. The van der Waals surface area contributed by atoms with Gasteiger partial charge in [0.2, 0.25) is 5.91 Å². The lowest BCUT2D eigenvalue weighted by Crippen LogP contribution is -2.51. The summed E-state index contributed by atoms with van der Waals surface area (Å²) in [5.41, 5.74) is 0.949. The first-order valence-corrected chi connectivity index (χ1v) is 6.32. The summed E-state index contributed by atoms with van der Waals surface area (Å²) in [7, 11) is 5.07. The highest BCUT2D eigenvalue weighted by atomic mass is 16.5. The van der Waals surface area contributed by atoms with Gasteiger partial charge < -0.3 is 19.7 Å². The summed E-state index contributed by atoms with van der Waals surface area (Å²) in [5, 5.41) is 3.11. The molecule has 1 aromatic rings. The number of methoxy groups -OCH3 is 2. The zero-order chi connectivity index (χ0) is 13.8. The van der Waals surface area contributed by atoms with E-state index in [1.54, 1.807) is 19.1 Å². The molecule has 1 fully saturated rings. The van der Waals surface area contributed by atoms with Crippen LogP contribution in [-0.4, -0.2) is 45.2 Å². The van der Waals surface area contributed by atoms with Crippen LogP contribution in [0.1, 0.15) is 5.56 Å². The summed E-state index contributed by atoms with van der Waals surface area (Å²) < 4.78 is 10.5. The van der Waals surface area contributed by atoms with Crippen molar-refractivity contribution in [1.29, 1.82) is 0 Å². The minimum atomic E-state index is 0.113. The van der Waals surface area contributed by atoms with Gasteiger partial charge in [-0.15, -0.1) is 0 Å². The maximum Gasteiger partial charge on any atom is 0.228 e. The predicted molar refractivity (Wildman–Crippen MR) is 72.4 cm³/mol. The van der Waals surface area contributed by atoms with E-state index in [-0.39, 0.29) is 11.8 Å². The minimum absolute atomic E-state index is 0.113. The molecule has 0 saturated carbocycles. The third kappa shape index (κ3) is 2.98. The first-order valence-electron chi connectivity index (χ1n) is 6.32.